The molecule has 0 unspecified atom stereocenters. The number of likely N-dealkylation sites (tertiary alicyclic amines) is 1. The third-order valence-electron chi connectivity index (χ3n) is 3.33. The maximum absolute atomic E-state index is 12.3. The largest absolute Gasteiger partial charge is 0.480 e. The lowest BCUT2D eigenvalue weighted by Gasteiger charge is -2.16. The van der Waals surface area contributed by atoms with Gasteiger partial charge in [0.1, 0.15) is 11.8 Å². The van der Waals surface area contributed by atoms with Crippen molar-refractivity contribution in [2.75, 3.05) is 20.2 Å². The Morgan fingerprint density at radius 3 is 2.77 bits per heavy atom. The Labute approximate surface area is 127 Å². The number of hydrogen-bond acceptors (Lipinski definition) is 7. The molecular formula is C14H15N5O3. The number of methoxy groups -OCH3 is 1. The number of nitrogens with zero attached hydrogens (tertiary/aromatic N) is 5. The first-order valence-corrected chi connectivity index (χ1v) is 6.86. The van der Waals surface area contributed by atoms with Gasteiger partial charge in [-0.05, 0) is 0 Å². The third-order valence-corrected chi connectivity index (χ3v) is 3.33. The van der Waals surface area contributed by atoms with E-state index in [0.717, 1.165) is 6.42 Å². The lowest BCUT2D eigenvalue weighted by molar-refractivity contribution is 0.0764. The first-order valence-electron chi connectivity index (χ1n) is 6.86. The molecule has 1 aliphatic rings. The van der Waals surface area contributed by atoms with Crippen LogP contribution in [0.4, 0.5) is 0 Å². The van der Waals surface area contributed by atoms with E-state index in [1.807, 2.05) is 0 Å². The molecule has 22 heavy (non-hydrogen) atoms. The van der Waals surface area contributed by atoms with Crippen LogP contribution < -0.4 is 9.47 Å². The topological polar surface area (TPSA) is 90.3 Å². The SMILES string of the molecule is COc1ccc(O[C@@H]2CCN(C(=O)c3cnccn3)C2)nn1. The van der Waals surface area contributed by atoms with Gasteiger partial charge in [0, 0.05) is 37.5 Å². The van der Waals surface area contributed by atoms with Crippen molar-refractivity contribution in [1.82, 2.24) is 25.1 Å². The molecule has 1 fully saturated rings. The van der Waals surface area contributed by atoms with Crippen LogP contribution in [-0.4, -0.2) is 57.3 Å². The lowest BCUT2D eigenvalue weighted by atomic mass is 10.3. The summed E-state index contributed by atoms with van der Waals surface area (Å²) in [7, 11) is 1.53. The van der Waals surface area contributed by atoms with Gasteiger partial charge in [0.2, 0.25) is 11.8 Å². The molecule has 0 saturated carbocycles. The zero-order valence-electron chi connectivity index (χ0n) is 12.0. The van der Waals surface area contributed by atoms with Crippen molar-refractivity contribution in [2.24, 2.45) is 0 Å². The fourth-order valence-electron chi connectivity index (χ4n) is 2.23. The second kappa shape index (κ2) is 6.33. The molecule has 0 radical (unpaired) electrons. The van der Waals surface area contributed by atoms with Crippen LogP contribution >= 0.6 is 0 Å². The number of carbonyl (C=O) groups excluding carboxylic acids is 1. The summed E-state index contributed by atoms with van der Waals surface area (Å²) in [6.07, 6.45) is 5.13. The molecule has 0 aromatic carbocycles. The van der Waals surface area contributed by atoms with Crippen molar-refractivity contribution in [3.63, 3.8) is 0 Å². The fraction of sp³-hybridized carbons (Fsp3) is 0.357. The van der Waals surface area contributed by atoms with Gasteiger partial charge in [0.15, 0.2) is 0 Å². The summed E-state index contributed by atoms with van der Waals surface area (Å²) in [6, 6.07) is 3.37. The van der Waals surface area contributed by atoms with Crippen molar-refractivity contribution >= 4 is 5.91 Å². The monoisotopic (exact) mass is 301 g/mol. The predicted octanol–water partition coefficient (Wildman–Crippen LogP) is 0.569. The molecule has 1 amide bonds. The maximum Gasteiger partial charge on any atom is 0.274 e. The van der Waals surface area contributed by atoms with Gasteiger partial charge < -0.3 is 14.4 Å². The van der Waals surface area contributed by atoms with Crippen molar-refractivity contribution in [3.8, 4) is 11.8 Å². The Bertz CT molecular complexity index is 635. The van der Waals surface area contributed by atoms with E-state index in [4.69, 9.17) is 9.47 Å². The van der Waals surface area contributed by atoms with E-state index in [-0.39, 0.29) is 12.0 Å². The number of hydrogen-bond donors (Lipinski definition) is 0. The fourth-order valence-corrected chi connectivity index (χ4v) is 2.23. The standard InChI is InChI=1S/C14H15N5O3/c1-21-12-2-3-13(18-17-12)22-10-4-7-19(9-10)14(20)11-8-15-5-6-16-11/h2-3,5-6,8,10H,4,7,9H2,1H3/t10-/m1/s1. The number of amides is 1. The zero-order chi connectivity index (χ0) is 15.4. The molecular weight excluding hydrogens is 286 g/mol. The first kappa shape index (κ1) is 14.2. The van der Waals surface area contributed by atoms with Crippen molar-refractivity contribution in [2.45, 2.75) is 12.5 Å². The Morgan fingerprint density at radius 1 is 1.27 bits per heavy atom. The molecule has 1 saturated heterocycles. The molecule has 2 aromatic rings. The summed E-state index contributed by atoms with van der Waals surface area (Å²) in [5.41, 5.74) is 0.340. The van der Waals surface area contributed by atoms with E-state index in [2.05, 4.69) is 20.2 Å². The molecule has 8 heteroatoms. The van der Waals surface area contributed by atoms with Gasteiger partial charge in [-0.1, -0.05) is 0 Å². The van der Waals surface area contributed by atoms with Crippen LogP contribution in [0.3, 0.4) is 0 Å². The molecule has 1 aliphatic heterocycles. The van der Waals surface area contributed by atoms with E-state index >= 15 is 0 Å². The molecule has 0 N–H and O–H groups in total. The van der Waals surface area contributed by atoms with Gasteiger partial charge in [0.25, 0.3) is 5.91 Å². The Kier molecular flexibility index (Phi) is 4.08. The van der Waals surface area contributed by atoms with E-state index in [9.17, 15) is 4.79 Å². The Balaban J connectivity index is 1.59. The number of aromatic nitrogens is 4. The summed E-state index contributed by atoms with van der Waals surface area (Å²) in [5, 5.41) is 7.76. The molecule has 3 rings (SSSR count). The predicted molar refractivity (Wildman–Crippen MR) is 75.6 cm³/mol. The molecule has 0 spiro atoms. The van der Waals surface area contributed by atoms with E-state index in [1.54, 1.807) is 17.0 Å². The van der Waals surface area contributed by atoms with Crippen molar-refractivity contribution in [3.05, 3.63) is 36.4 Å². The summed E-state index contributed by atoms with van der Waals surface area (Å²) >= 11 is 0. The summed E-state index contributed by atoms with van der Waals surface area (Å²) in [4.78, 5) is 21.9. The van der Waals surface area contributed by atoms with Crippen LogP contribution in [0.5, 0.6) is 11.8 Å². The van der Waals surface area contributed by atoms with Gasteiger partial charge in [-0.25, -0.2) is 4.98 Å². The highest BCUT2D eigenvalue weighted by Crippen LogP contribution is 2.18. The second-order valence-corrected chi connectivity index (χ2v) is 4.78. The molecule has 2 aromatic heterocycles. The van der Waals surface area contributed by atoms with Gasteiger partial charge in [-0.2, -0.15) is 0 Å². The van der Waals surface area contributed by atoms with Gasteiger partial charge >= 0.3 is 0 Å². The minimum absolute atomic E-state index is 0.108. The summed E-state index contributed by atoms with van der Waals surface area (Å²) in [6.45, 7) is 1.10. The Morgan fingerprint density at radius 2 is 2.09 bits per heavy atom. The minimum atomic E-state index is -0.139. The van der Waals surface area contributed by atoms with Crippen LogP contribution in [0.1, 0.15) is 16.9 Å². The average molecular weight is 301 g/mol. The van der Waals surface area contributed by atoms with Crippen LogP contribution in [0, 0.1) is 0 Å². The highest BCUT2D eigenvalue weighted by Gasteiger charge is 2.29. The molecule has 1 atom stereocenters. The normalized spacial score (nSPS) is 17.3. The zero-order valence-corrected chi connectivity index (χ0v) is 12.0. The van der Waals surface area contributed by atoms with Crippen LogP contribution in [0.2, 0.25) is 0 Å². The lowest BCUT2D eigenvalue weighted by Crippen LogP contribution is -2.31. The summed E-state index contributed by atoms with van der Waals surface area (Å²) < 4.78 is 10.7. The molecule has 8 nitrogen and oxygen atoms in total. The van der Waals surface area contributed by atoms with E-state index in [0.29, 0.717) is 30.5 Å². The second-order valence-electron chi connectivity index (χ2n) is 4.78. The number of ether oxygens (including phenoxy) is 2. The maximum atomic E-state index is 12.3. The highest BCUT2D eigenvalue weighted by atomic mass is 16.5. The van der Waals surface area contributed by atoms with Gasteiger partial charge in [-0.3, -0.25) is 9.78 Å². The van der Waals surface area contributed by atoms with Gasteiger partial charge in [-0.15, -0.1) is 10.2 Å². The van der Waals surface area contributed by atoms with Crippen LogP contribution in [0.25, 0.3) is 0 Å². The smallest absolute Gasteiger partial charge is 0.274 e. The molecule has 0 bridgehead atoms. The average Bonchev–Trinajstić information content (AvgIpc) is 3.04. The molecule has 3 heterocycles. The van der Waals surface area contributed by atoms with E-state index < -0.39 is 0 Å². The summed E-state index contributed by atoms with van der Waals surface area (Å²) in [5.74, 6) is 0.706. The van der Waals surface area contributed by atoms with Crippen molar-refractivity contribution < 1.29 is 14.3 Å². The number of carbonyl (C=O) groups is 1. The molecule has 0 aliphatic carbocycles. The minimum Gasteiger partial charge on any atom is -0.480 e. The first-order chi connectivity index (χ1) is 10.8. The Hall–Kier alpha value is -2.77. The molecule has 114 valence electrons. The number of rotatable bonds is 4. The van der Waals surface area contributed by atoms with Crippen molar-refractivity contribution in [1.29, 1.82) is 0 Å². The van der Waals surface area contributed by atoms with Gasteiger partial charge in [0.05, 0.1) is 19.9 Å². The van der Waals surface area contributed by atoms with Crippen LogP contribution in [-0.2, 0) is 0 Å². The highest BCUT2D eigenvalue weighted by molar-refractivity contribution is 5.92. The van der Waals surface area contributed by atoms with E-state index in [1.165, 1.54) is 25.7 Å². The van der Waals surface area contributed by atoms with Crippen LogP contribution in [0.15, 0.2) is 30.7 Å². The quantitative estimate of drug-likeness (QED) is 0.815. The third kappa shape index (κ3) is 3.11.